The van der Waals surface area contributed by atoms with Crippen molar-refractivity contribution in [3.63, 3.8) is 0 Å². The summed E-state index contributed by atoms with van der Waals surface area (Å²) >= 11 is 0. The molecule has 128 valence electrons. The van der Waals surface area contributed by atoms with E-state index in [4.69, 9.17) is 0 Å². The first kappa shape index (κ1) is 15.8. The van der Waals surface area contributed by atoms with Crippen LogP contribution in [0.1, 0.15) is 0 Å². The third kappa shape index (κ3) is 3.10. The topological polar surface area (TPSA) is 81.8 Å². The Balaban J connectivity index is 1.49. The van der Waals surface area contributed by atoms with Gasteiger partial charge in [0.05, 0.1) is 17.9 Å². The number of hydrogen-bond acceptors (Lipinski definition) is 4. The largest absolute Gasteiger partial charge is 0.324 e. The van der Waals surface area contributed by atoms with Crippen LogP contribution in [-0.2, 0) is 11.3 Å². The van der Waals surface area contributed by atoms with E-state index in [1.807, 2.05) is 35.0 Å². The first-order chi connectivity index (χ1) is 12.7. The van der Waals surface area contributed by atoms with Gasteiger partial charge >= 0.3 is 0 Å². The number of anilines is 1. The molecule has 2 aromatic heterocycles. The Morgan fingerprint density at radius 2 is 1.88 bits per heavy atom. The molecule has 0 unspecified atom stereocenters. The molecule has 26 heavy (non-hydrogen) atoms. The molecule has 1 amide bonds. The minimum absolute atomic E-state index is 0.146. The fourth-order valence-corrected chi connectivity index (χ4v) is 2.71. The Labute approximate surface area is 148 Å². The van der Waals surface area contributed by atoms with Crippen LogP contribution >= 0.6 is 0 Å². The third-order valence-electron chi connectivity index (χ3n) is 4.01. The highest BCUT2D eigenvalue weighted by molar-refractivity contribution is 5.90. The molecule has 0 saturated carbocycles. The lowest BCUT2D eigenvalue weighted by Crippen LogP contribution is -2.29. The molecule has 7 nitrogen and oxygen atoms in total. The number of hydrogen-bond donors (Lipinski definition) is 1. The van der Waals surface area contributed by atoms with Crippen LogP contribution in [0.4, 0.5) is 5.69 Å². The number of carbonyl (C=O) groups is 1. The fourth-order valence-electron chi connectivity index (χ4n) is 2.71. The molecule has 0 aliphatic rings. The number of fused-ring (bicyclic) bond motifs is 1. The maximum atomic E-state index is 12.4. The number of nitrogens with zero attached hydrogens (tertiary/aromatic N) is 4. The van der Waals surface area contributed by atoms with Crippen LogP contribution in [-0.4, -0.2) is 25.2 Å². The summed E-state index contributed by atoms with van der Waals surface area (Å²) in [5.41, 5.74) is 1.30. The van der Waals surface area contributed by atoms with E-state index in [0.717, 1.165) is 15.8 Å². The van der Waals surface area contributed by atoms with Crippen molar-refractivity contribution >= 4 is 22.4 Å². The van der Waals surface area contributed by atoms with E-state index in [1.54, 1.807) is 43.0 Å². The van der Waals surface area contributed by atoms with Gasteiger partial charge in [0.15, 0.2) is 0 Å². The van der Waals surface area contributed by atoms with Gasteiger partial charge in [-0.1, -0.05) is 18.2 Å². The van der Waals surface area contributed by atoms with E-state index < -0.39 is 0 Å². The van der Waals surface area contributed by atoms with E-state index in [2.05, 4.69) is 15.4 Å². The van der Waals surface area contributed by atoms with Gasteiger partial charge in [0.1, 0.15) is 6.54 Å². The average Bonchev–Trinajstić information content (AvgIpc) is 3.20. The molecule has 7 heteroatoms. The average molecular weight is 345 g/mol. The van der Waals surface area contributed by atoms with Crippen LogP contribution in [0.3, 0.4) is 0 Å². The summed E-state index contributed by atoms with van der Waals surface area (Å²) in [7, 11) is 0. The fraction of sp³-hybridized carbons (Fsp3) is 0.0526. The molecule has 1 N–H and O–H groups in total. The number of benzene rings is 2. The molecular weight excluding hydrogens is 330 g/mol. The second-order valence-electron chi connectivity index (χ2n) is 5.76. The van der Waals surface area contributed by atoms with Gasteiger partial charge in [0.2, 0.25) is 5.91 Å². The molecule has 0 aliphatic carbocycles. The number of nitrogens with one attached hydrogen (secondary N) is 1. The highest BCUT2D eigenvalue weighted by Crippen LogP contribution is 2.13. The highest BCUT2D eigenvalue weighted by atomic mass is 16.2. The Bertz CT molecular complexity index is 1110. The minimum atomic E-state index is -0.315. The number of amides is 1. The van der Waals surface area contributed by atoms with Crippen LogP contribution in [0.15, 0.2) is 78.2 Å². The van der Waals surface area contributed by atoms with Crippen molar-refractivity contribution in [1.82, 2.24) is 19.3 Å². The monoisotopic (exact) mass is 345 g/mol. The number of aromatic nitrogens is 4. The zero-order valence-corrected chi connectivity index (χ0v) is 13.7. The molecule has 0 aliphatic heterocycles. The van der Waals surface area contributed by atoms with E-state index in [0.29, 0.717) is 11.1 Å². The van der Waals surface area contributed by atoms with Gasteiger partial charge in [-0.15, -0.1) is 0 Å². The summed E-state index contributed by atoms with van der Waals surface area (Å²) in [6.45, 7) is -0.146. The van der Waals surface area contributed by atoms with Crippen LogP contribution < -0.4 is 10.9 Å². The second kappa shape index (κ2) is 6.64. The number of rotatable bonds is 4. The lowest BCUT2D eigenvalue weighted by molar-refractivity contribution is -0.117. The number of imidazole rings is 1. The van der Waals surface area contributed by atoms with Crippen molar-refractivity contribution in [2.75, 3.05) is 5.32 Å². The summed E-state index contributed by atoms with van der Waals surface area (Å²) in [6, 6.07) is 14.5. The molecule has 0 saturated heterocycles. The normalized spacial score (nSPS) is 10.8. The smallest absolute Gasteiger partial charge is 0.275 e. The standard InChI is InChI=1S/C19H15N5O2/c25-18(12-24-19(26)17-4-2-1-3-14(17)11-21-24)22-15-5-7-16(8-6-15)23-10-9-20-13-23/h1-11,13H,12H2,(H,22,25). The van der Waals surface area contributed by atoms with Crippen molar-refractivity contribution in [3.8, 4) is 5.69 Å². The highest BCUT2D eigenvalue weighted by Gasteiger charge is 2.09. The lowest BCUT2D eigenvalue weighted by atomic mass is 10.2. The van der Waals surface area contributed by atoms with Crippen molar-refractivity contribution in [2.45, 2.75) is 6.54 Å². The van der Waals surface area contributed by atoms with E-state index in [-0.39, 0.29) is 18.0 Å². The van der Waals surface area contributed by atoms with Crippen molar-refractivity contribution < 1.29 is 4.79 Å². The molecule has 2 aromatic carbocycles. The molecule has 4 rings (SSSR count). The maximum absolute atomic E-state index is 12.4. The molecule has 0 bridgehead atoms. The van der Waals surface area contributed by atoms with E-state index in [1.165, 1.54) is 0 Å². The summed E-state index contributed by atoms with van der Waals surface area (Å²) in [5.74, 6) is -0.315. The first-order valence-corrected chi connectivity index (χ1v) is 8.04. The Kier molecular flexibility index (Phi) is 4.03. The van der Waals surface area contributed by atoms with Gasteiger partial charge in [0.25, 0.3) is 5.56 Å². The Morgan fingerprint density at radius 3 is 2.65 bits per heavy atom. The van der Waals surface area contributed by atoms with Crippen molar-refractivity contribution in [1.29, 1.82) is 0 Å². The molecule has 4 aromatic rings. The molecular formula is C19H15N5O2. The van der Waals surface area contributed by atoms with Gasteiger partial charge in [-0.25, -0.2) is 9.67 Å². The predicted molar refractivity (Wildman–Crippen MR) is 98.2 cm³/mol. The van der Waals surface area contributed by atoms with Gasteiger partial charge < -0.3 is 9.88 Å². The van der Waals surface area contributed by atoms with Gasteiger partial charge in [-0.2, -0.15) is 5.10 Å². The lowest BCUT2D eigenvalue weighted by Gasteiger charge is -2.08. The SMILES string of the molecule is O=C(Cn1ncc2ccccc2c1=O)Nc1ccc(-n2ccnc2)cc1. The third-order valence-corrected chi connectivity index (χ3v) is 4.01. The van der Waals surface area contributed by atoms with Crippen molar-refractivity contribution in [3.05, 3.63) is 83.8 Å². The molecule has 0 radical (unpaired) electrons. The van der Waals surface area contributed by atoms with Gasteiger partial charge in [-0.05, 0) is 30.3 Å². The first-order valence-electron chi connectivity index (χ1n) is 8.04. The molecule has 0 atom stereocenters. The van der Waals surface area contributed by atoms with Crippen LogP contribution in [0, 0.1) is 0 Å². The van der Waals surface area contributed by atoms with E-state index in [9.17, 15) is 9.59 Å². The zero-order valence-electron chi connectivity index (χ0n) is 13.7. The second-order valence-corrected chi connectivity index (χ2v) is 5.76. The summed E-state index contributed by atoms with van der Waals surface area (Å²) in [6.07, 6.45) is 6.82. The Hall–Kier alpha value is -3.74. The van der Waals surface area contributed by atoms with Crippen LogP contribution in [0.5, 0.6) is 0 Å². The van der Waals surface area contributed by atoms with Gasteiger partial charge in [0, 0.05) is 29.2 Å². The minimum Gasteiger partial charge on any atom is -0.324 e. The molecule has 0 fully saturated rings. The summed E-state index contributed by atoms with van der Waals surface area (Å²) in [5, 5.41) is 8.14. The van der Waals surface area contributed by atoms with Crippen molar-refractivity contribution in [2.24, 2.45) is 0 Å². The predicted octanol–water partition coefficient (Wildman–Crippen LogP) is 2.22. The van der Waals surface area contributed by atoms with E-state index >= 15 is 0 Å². The van der Waals surface area contributed by atoms with Crippen LogP contribution in [0.2, 0.25) is 0 Å². The summed E-state index contributed by atoms with van der Waals surface area (Å²) < 4.78 is 3.03. The maximum Gasteiger partial charge on any atom is 0.275 e. The quantitative estimate of drug-likeness (QED) is 0.615. The van der Waals surface area contributed by atoms with Gasteiger partial charge in [-0.3, -0.25) is 9.59 Å². The summed E-state index contributed by atoms with van der Waals surface area (Å²) in [4.78, 5) is 28.7. The number of carbonyl (C=O) groups excluding carboxylic acids is 1. The zero-order chi connectivity index (χ0) is 17.9. The molecule has 0 spiro atoms. The van der Waals surface area contributed by atoms with Crippen LogP contribution in [0.25, 0.3) is 16.5 Å². The Morgan fingerprint density at radius 1 is 1.08 bits per heavy atom. The molecule has 2 heterocycles.